The molecule has 0 atom stereocenters. The predicted octanol–water partition coefficient (Wildman–Crippen LogP) is 2.18. The zero-order valence-corrected chi connectivity index (χ0v) is 11.9. The Morgan fingerprint density at radius 1 is 1.16 bits per heavy atom. The summed E-state index contributed by atoms with van der Waals surface area (Å²) in [5.74, 6) is 0. The molecule has 4 heteroatoms. The first kappa shape index (κ1) is 13.1. The number of imidazole rings is 1. The van der Waals surface area contributed by atoms with Crippen molar-refractivity contribution in [1.29, 1.82) is 0 Å². The van der Waals surface area contributed by atoms with Crippen molar-refractivity contribution in [3.63, 3.8) is 0 Å². The molecule has 1 aromatic heterocycles. The van der Waals surface area contributed by atoms with Gasteiger partial charge >= 0.3 is 0 Å². The van der Waals surface area contributed by atoms with Crippen LogP contribution in [0, 0.1) is 0 Å². The topological polar surface area (TPSA) is 33.1 Å². The maximum atomic E-state index is 4.28. The molecule has 1 N–H and O–H groups in total. The maximum Gasteiger partial charge on any atom is 0.0951 e. The molecule has 1 aliphatic carbocycles. The summed E-state index contributed by atoms with van der Waals surface area (Å²) in [4.78, 5) is 6.89. The van der Waals surface area contributed by atoms with E-state index in [0.717, 1.165) is 19.1 Å². The third-order valence-electron chi connectivity index (χ3n) is 4.30. The number of hydrogen-bond donors (Lipinski definition) is 1. The van der Waals surface area contributed by atoms with E-state index in [1.165, 1.54) is 63.9 Å². The summed E-state index contributed by atoms with van der Waals surface area (Å²) >= 11 is 0. The first-order valence-corrected chi connectivity index (χ1v) is 7.87. The molecule has 0 unspecified atom stereocenters. The Bertz CT molecular complexity index is 375. The van der Waals surface area contributed by atoms with E-state index in [1.807, 2.05) is 12.5 Å². The largest absolute Gasteiger partial charge is 0.330 e. The molecule has 1 saturated heterocycles. The van der Waals surface area contributed by atoms with Gasteiger partial charge in [-0.2, -0.15) is 0 Å². The van der Waals surface area contributed by atoms with E-state index in [9.17, 15) is 0 Å². The van der Waals surface area contributed by atoms with Crippen molar-refractivity contribution in [2.45, 2.75) is 51.1 Å². The van der Waals surface area contributed by atoms with Crippen LogP contribution in [0.4, 0.5) is 0 Å². The summed E-state index contributed by atoms with van der Waals surface area (Å²) in [6.07, 6.45) is 12.3. The van der Waals surface area contributed by atoms with Gasteiger partial charge in [0.25, 0.3) is 0 Å². The molecule has 3 rings (SSSR count). The van der Waals surface area contributed by atoms with Gasteiger partial charge in [-0.15, -0.1) is 0 Å². The minimum Gasteiger partial charge on any atom is -0.330 e. The molecule has 2 aliphatic rings. The van der Waals surface area contributed by atoms with Gasteiger partial charge in [0.15, 0.2) is 0 Å². The SMILES string of the molecule is c1ncn(C2CC2)c1CNCCN1CCCCCC1. The average molecular weight is 262 g/mol. The number of nitrogens with zero attached hydrogens (tertiary/aromatic N) is 3. The Labute approximate surface area is 116 Å². The predicted molar refractivity (Wildman–Crippen MR) is 77.1 cm³/mol. The van der Waals surface area contributed by atoms with Crippen LogP contribution in [-0.2, 0) is 6.54 Å². The van der Waals surface area contributed by atoms with Crippen LogP contribution in [0.1, 0.15) is 50.3 Å². The fraction of sp³-hybridized carbons (Fsp3) is 0.800. The molecule has 0 radical (unpaired) electrons. The zero-order valence-electron chi connectivity index (χ0n) is 11.9. The molecule has 0 bridgehead atoms. The van der Waals surface area contributed by atoms with Crippen molar-refractivity contribution in [1.82, 2.24) is 19.8 Å². The third kappa shape index (κ3) is 3.80. The molecule has 2 heterocycles. The lowest BCUT2D eigenvalue weighted by Gasteiger charge is -2.19. The van der Waals surface area contributed by atoms with Crippen molar-refractivity contribution >= 4 is 0 Å². The summed E-state index contributed by atoms with van der Waals surface area (Å²) in [5, 5.41) is 3.58. The third-order valence-corrected chi connectivity index (χ3v) is 4.30. The second-order valence-electron chi connectivity index (χ2n) is 5.96. The number of likely N-dealkylation sites (tertiary alicyclic amines) is 1. The van der Waals surface area contributed by atoms with Crippen molar-refractivity contribution < 1.29 is 0 Å². The number of rotatable bonds is 6. The van der Waals surface area contributed by atoms with Crippen molar-refractivity contribution in [2.75, 3.05) is 26.2 Å². The van der Waals surface area contributed by atoms with E-state index in [0.29, 0.717) is 0 Å². The lowest BCUT2D eigenvalue weighted by molar-refractivity contribution is 0.283. The van der Waals surface area contributed by atoms with Crippen LogP contribution in [0.3, 0.4) is 0 Å². The fourth-order valence-electron chi connectivity index (χ4n) is 2.96. The molecule has 19 heavy (non-hydrogen) atoms. The summed E-state index contributed by atoms with van der Waals surface area (Å²) < 4.78 is 2.35. The van der Waals surface area contributed by atoms with Crippen LogP contribution < -0.4 is 5.32 Å². The average Bonchev–Trinajstić information content (AvgIpc) is 3.21. The minimum absolute atomic E-state index is 0.741. The Balaban J connectivity index is 1.37. The van der Waals surface area contributed by atoms with Gasteiger partial charge in [-0.1, -0.05) is 12.8 Å². The van der Waals surface area contributed by atoms with Crippen LogP contribution in [0.15, 0.2) is 12.5 Å². The highest BCUT2D eigenvalue weighted by atomic mass is 15.1. The summed E-state index contributed by atoms with van der Waals surface area (Å²) in [7, 11) is 0. The van der Waals surface area contributed by atoms with E-state index in [1.54, 1.807) is 0 Å². The van der Waals surface area contributed by atoms with Gasteiger partial charge in [-0.25, -0.2) is 4.98 Å². The molecule has 4 nitrogen and oxygen atoms in total. The van der Waals surface area contributed by atoms with Gasteiger partial charge in [-0.3, -0.25) is 0 Å². The van der Waals surface area contributed by atoms with Crippen LogP contribution >= 0.6 is 0 Å². The minimum atomic E-state index is 0.741. The van der Waals surface area contributed by atoms with E-state index in [2.05, 4.69) is 19.8 Å². The highest BCUT2D eigenvalue weighted by molar-refractivity contribution is 5.03. The summed E-state index contributed by atoms with van der Waals surface area (Å²) in [6, 6.07) is 0.741. The van der Waals surface area contributed by atoms with E-state index in [-0.39, 0.29) is 0 Å². The van der Waals surface area contributed by atoms with Crippen molar-refractivity contribution in [2.24, 2.45) is 0 Å². The normalized spacial score (nSPS) is 21.5. The zero-order chi connectivity index (χ0) is 12.9. The van der Waals surface area contributed by atoms with Crippen LogP contribution in [0.2, 0.25) is 0 Å². The molecule has 1 aliphatic heterocycles. The second-order valence-corrected chi connectivity index (χ2v) is 5.96. The molecule has 1 saturated carbocycles. The molecule has 106 valence electrons. The Morgan fingerprint density at radius 2 is 1.95 bits per heavy atom. The lowest BCUT2D eigenvalue weighted by atomic mass is 10.2. The smallest absolute Gasteiger partial charge is 0.0951 e. The van der Waals surface area contributed by atoms with E-state index < -0.39 is 0 Å². The summed E-state index contributed by atoms with van der Waals surface area (Å²) in [5.41, 5.74) is 1.35. The second kappa shape index (κ2) is 6.53. The molecule has 0 aromatic carbocycles. The number of nitrogens with one attached hydrogen (secondary N) is 1. The van der Waals surface area contributed by atoms with E-state index >= 15 is 0 Å². The Hall–Kier alpha value is -0.870. The first-order chi connectivity index (χ1) is 9.43. The van der Waals surface area contributed by atoms with Crippen molar-refractivity contribution in [3.8, 4) is 0 Å². The molecule has 0 amide bonds. The lowest BCUT2D eigenvalue weighted by Crippen LogP contribution is -2.32. The first-order valence-electron chi connectivity index (χ1n) is 7.87. The molecular weight excluding hydrogens is 236 g/mol. The van der Waals surface area contributed by atoms with Crippen LogP contribution in [-0.4, -0.2) is 40.6 Å². The Morgan fingerprint density at radius 3 is 2.68 bits per heavy atom. The van der Waals surface area contributed by atoms with Gasteiger partial charge in [0, 0.05) is 31.9 Å². The van der Waals surface area contributed by atoms with Gasteiger partial charge in [0.2, 0.25) is 0 Å². The maximum absolute atomic E-state index is 4.28. The van der Waals surface area contributed by atoms with Gasteiger partial charge in [0.1, 0.15) is 0 Å². The van der Waals surface area contributed by atoms with Crippen molar-refractivity contribution in [3.05, 3.63) is 18.2 Å². The molecule has 0 spiro atoms. The fourth-order valence-corrected chi connectivity index (χ4v) is 2.96. The van der Waals surface area contributed by atoms with Gasteiger partial charge in [0.05, 0.1) is 12.0 Å². The quantitative estimate of drug-likeness (QED) is 0.798. The molecular formula is C15H26N4. The highest BCUT2D eigenvalue weighted by Crippen LogP contribution is 2.35. The summed E-state index contributed by atoms with van der Waals surface area (Å²) in [6.45, 7) is 5.83. The monoisotopic (exact) mass is 262 g/mol. The van der Waals surface area contributed by atoms with Gasteiger partial charge in [-0.05, 0) is 38.8 Å². The Kier molecular flexibility index (Phi) is 4.51. The number of aromatic nitrogens is 2. The van der Waals surface area contributed by atoms with Crippen LogP contribution in [0.5, 0.6) is 0 Å². The standard InChI is InChI=1S/C15H26N4/c1-2-4-9-18(8-3-1)10-7-16-11-15-12-17-13-19(15)14-5-6-14/h12-14,16H,1-11H2. The van der Waals surface area contributed by atoms with E-state index in [4.69, 9.17) is 0 Å². The highest BCUT2D eigenvalue weighted by Gasteiger charge is 2.24. The van der Waals surface area contributed by atoms with Crippen LogP contribution in [0.25, 0.3) is 0 Å². The number of hydrogen-bond acceptors (Lipinski definition) is 3. The molecule has 2 fully saturated rings. The van der Waals surface area contributed by atoms with Gasteiger partial charge < -0.3 is 14.8 Å². The molecule has 1 aromatic rings.